The number of nitrogens with zero attached hydrogens (tertiary/aromatic N) is 3. The van der Waals surface area contributed by atoms with Gasteiger partial charge < -0.3 is 14.7 Å². The summed E-state index contributed by atoms with van der Waals surface area (Å²) in [6, 6.07) is 3.55. The second-order valence-corrected chi connectivity index (χ2v) is 5.11. The Morgan fingerprint density at radius 2 is 1.81 bits per heavy atom. The maximum absolute atomic E-state index is 9.21. The van der Waals surface area contributed by atoms with E-state index in [-0.39, 0.29) is 5.75 Å². The fraction of sp³-hybridized carbons (Fsp3) is 0.688. The Hall–Kier alpha value is -1.33. The summed E-state index contributed by atoms with van der Waals surface area (Å²) in [5.74, 6) is 1.16. The Morgan fingerprint density at radius 1 is 1.14 bits per heavy atom. The van der Waals surface area contributed by atoms with Gasteiger partial charge in [-0.3, -0.25) is 4.90 Å². The lowest BCUT2D eigenvalue weighted by atomic mass is 10.3. The van der Waals surface area contributed by atoms with Crippen molar-refractivity contribution in [2.24, 2.45) is 0 Å². The molecule has 5 heteroatoms. The van der Waals surface area contributed by atoms with E-state index >= 15 is 0 Å². The minimum Gasteiger partial charge on any atom is -0.506 e. The second-order valence-electron chi connectivity index (χ2n) is 5.11. The largest absolute Gasteiger partial charge is 0.506 e. The molecule has 2 heterocycles. The molecular formula is C16H29N3O2. The lowest BCUT2D eigenvalue weighted by Gasteiger charge is -2.35. The van der Waals surface area contributed by atoms with Gasteiger partial charge in [-0.15, -0.1) is 0 Å². The maximum atomic E-state index is 9.21. The molecule has 0 aromatic carbocycles. The molecule has 1 saturated heterocycles. The lowest BCUT2D eigenvalue weighted by Crippen LogP contribution is -2.47. The van der Waals surface area contributed by atoms with Crippen LogP contribution in [-0.2, 0) is 4.74 Å². The lowest BCUT2D eigenvalue weighted by molar-refractivity contribution is 0.111. The van der Waals surface area contributed by atoms with Crippen LogP contribution in [0.5, 0.6) is 5.75 Å². The summed E-state index contributed by atoms with van der Waals surface area (Å²) in [6.45, 7) is 12.9. The molecule has 1 aliphatic heterocycles. The summed E-state index contributed by atoms with van der Waals surface area (Å²) in [5.41, 5.74) is 0. The first kappa shape index (κ1) is 17.7. The fourth-order valence-corrected chi connectivity index (χ4v) is 2.10. The molecule has 0 aliphatic carbocycles. The van der Waals surface area contributed by atoms with Gasteiger partial charge in [0.05, 0.1) is 12.8 Å². The first-order valence-electron chi connectivity index (χ1n) is 7.91. The third-order valence-corrected chi connectivity index (χ3v) is 3.18. The molecule has 1 aliphatic rings. The molecule has 0 bridgehead atoms. The average molecular weight is 295 g/mol. The number of anilines is 1. The third-order valence-electron chi connectivity index (χ3n) is 3.18. The van der Waals surface area contributed by atoms with Gasteiger partial charge in [0, 0.05) is 39.3 Å². The van der Waals surface area contributed by atoms with Crippen LogP contribution in [0.2, 0.25) is 0 Å². The molecule has 0 saturated carbocycles. The Kier molecular flexibility index (Phi) is 8.78. The van der Waals surface area contributed by atoms with E-state index in [4.69, 9.17) is 4.74 Å². The normalized spacial score (nSPS) is 15.5. The Balaban J connectivity index is 0.000000677. The molecule has 1 N–H and O–H groups in total. The number of hydrogen-bond acceptors (Lipinski definition) is 5. The van der Waals surface area contributed by atoms with E-state index in [1.54, 1.807) is 6.07 Å². The van der Waals surface area contributed by atoms with Crippen LogP contribution in [0.4, 0.5) is 5.82 Å². The number of piperazine rings is 1. The summed E-state index contributed by atoms with van der Waals surface area (Å²) in [7, 11) is 0. The smallest absolute Gasteiger partial charge is 0.134 e. The van der Waals surface area contributed by atoms with Gasteiger partial charge in [0.2, 0.25) is 0 Å². The molecule has 21 heavy (non-hydrogen) atoms. The van der Waals surface area contributed by atoms with Crippen molar-refractivity contribution in [2.75, 3.05) is 50.8 Å². The van der Waals surface area contributed by atoms with E-state index in [2.05, 4.69) is 28.6 Å². The van der Waals surface area contributed by atoms with Crippen molar-refractivity contribution in [3.63, 3.8) is 0 Å². The Morgan fingerprint density at radius 3 is 2.33 bits per heavy atom. The van der Waals surface area contributed by atoms with Gasteiger partial charge in [0.25, 0.3) is 0 Å². The predicted octanol–water partition coefficient (Wildman–Crippen LogP) is 2.36. The maximum Gasteiger partial charge on any atom is 0.134 e. The van der Waals surface area contributed by atoms with E-state index in [1.807, 2.05) is 13.0 Å². The number of hydrogen-bond donors (Lipinski definition) is 1. The van der Waals surface area contributed by atoms with E-state index in [9.17, 15) is 5.11 Å². The van der Waals surface area contributed by atoms with E-state index in [0.29, 0.717) is 0 Å². The summed E-state index contributed by atoms with van der Waals surface area (Å²) in [5, 5.41) is 9.21. The van der Waals surface area contributed by atoms with Gasteiger partial charge in [-0.25, -0.2) is 4.98 Å². The minimum absolute atomic E-state index is 0.217. The zero-order valence-electron chi connectivity index (χ0n) is 13.6. The first-order chi connectivity index (χ1) is 10.2. The van der Waals surface area contributed by atoms with Crippen LogP contribution >= 0.6 is 0 Å². The molecule has 120 valence electrons. The molecule has 1 aromatic heterocycles. The highest BCUT2D eigenvalue weighted by molar-refractivity contribution is 5.40. The molecule has 2 rings (SSSR count). The van der Waals surface area contributed by atoms with E-state index in [0.717, 1.165) is 51.8 Å². The van der Waals surface area contributed by atoms with Crippen LogP contribution in [0.1, 0.15) is 27.2 Å². The number of aromatic hydroxyl groups is 1. The Labute approximate surface area is 128 Å². The molecule has 0 spiro atoms. The topological polar surface area (TPSA) is 48.8 Å². The Bertz CT molecular complexity index is 362. The van der Waals surface area contributed by atoms with Crippen molar-refractivity contribution in [1.29, 1.82) is 0 Å². The van der Waals surface area contributed by atoms with Crippen molar-refractivity contribution < 1.29 is 9.84 Å². The summed E-state index contributed by atoms with van der Waals surface area (Å²) in [4.78, 5) is 8.89. The highest BCUT2D eigenvalue weighted by Gasteiger charge is 2.17. The zero-order valence-corrected chi connectivity index (χ0v) is 13.6. The SMILES string of the molecule is CCC.CCOCCN1CCN(c2ccc(O)cn2)CC1. The van der Waals surface area contributed by atoms with Gasteiger partial charge >= 0.3 is 0 Å². The number of ether oxygens (including phenoxy) is 1. The van der Waals surface area contributed by atoms with E-state index < -0.39 is 0 Å². The van der Waals surface area contributed by atoms with Crippen molar-refractivity contribution in [3.8, 4) is 5.75 Å². The molecule has 1 aromatic rings. The van der Waals surface area contributed by atoms with Crippen molar-refractivity contribution >= 4 is 5.82 Å². The molecular weight excluding hydrogens is 266 g/mol. The molecule has 0 unspecified atom stereocenters. The third kappa shape index (κ3) is 6.78. The zero-order chi connectivity index (χ0) is 15.5. The van der Waals surface area contributed by atoms with Gasteiger partial charge in [0.1, 0.15) is 11.6 Å². The molecule has 5 nitrogen and oxygen atoms in total. The molecule has 0 atom stereocenters. The number of rotatable bonds is 5. The van der Waals surface area contributed by atoms with Gasteiger partial charge in [-0.05, 0) is 19.1 Å². The van der Waals surface area contributed by atoms with Crippen LogP contribution in [0.25, 0.3) is 0 Å². The van der Waals surface area contributed by atoms with E-state index in [1.165, 1.54) is 12.6 Å². The second kappa shape index (κ2) is 10.4. The fourth-order valence-electron chi connectivity index (χ4n) is 2.10. The average Bonchev–Trinajstić information content (AvgIpc) is 2.50. The van der Waals surface area contributed by atoms with Gasteiger partial charge in [0.15, 0.2) is 0 Å². The van der Waals surface area contributed by atoms with Crippen LogP contribution in [0, 0.1) is 0 Å². The monoisotopic (exact) mass is 295 g/mol. The highest BCUT2D eigenvalue weighted by Crippen LogP contribution is 2.16. The summed E-state index contributed by atoms with van der Waals surface area (Å²) in [6.07, 6.45) is 2.75. The van der Waals surface area contributed by atoms with Crippen molar-refractivity contribution in [3.05, 3.63) is 18.3 Å². The first-order valence-corrected chi connectivity index (χ1v) is 7.91. The number of aromatic nitrogens is 1. The number of pyridine rings is 1. The summed E-state index contributed by atoms with van der Waals surface area (Å²) >= 11 is 0. The quantitative estimate of drug-likeness (QED) is 0.845. The van der Waals surface area contributed by atoms with Crippen LogP contribution in [-0.4, -0.2) is 60.9 Å². The van der Waals surface area contributed by atoms with Gasteiger partial charge in [-0.2, -0.15) is 0 Å². The van der Waals surface area contributed by atoms with Crippen LogP contribution < -0.4 is 4.90 Å². The van der Waals surface area contributed by atoms with Crippen molar-refractivity contribution in [2.45, 2.75) is 27.2 Å². The molecule has 1 fully saturated rings. The predicted molar refractivity (Wildman–Crippen MR) is 87.0 cm³/mol. The van der Waals surface area contributed by atoms with Gasteiger partial charge in [-0.1, -0.05) is 20.3 Å². The minimum atomic E-state index is 0.217. The van der Waals surface area contributed by atoms with Crippen LogP contribution in [0.15, 0.2) is 18.3 Å². The van der Waals surface area contributed by atoms with Crippen LogP contribution in [0.3, 0.4) is 0 Å². The van der Waals surface area contributed by atoms with Crippen molar-refractivity contribution in [1.82, 2.24) is 9.88 Å². The summed E-state index contributed by atoms with van der Waals surface area (Å²) < 4.78 is 5.37. The highest BCUT2D eigenvalue weighted by atomic mass is 16.5. The standard InChI is InChI=1S/C13H21N3O2.C3H8/c1-2-18-10-9-15-5-7-16(8-6-15)13-4-3-12(17)11-14-13;1-3-2/h3-4,11,17H,2,5-10H2,1H3;3H2,1-2H3. The molecule has 0 amide bonds. The molecule has 0 radical (unpaired) electrons.